The molecule has 0 fully saturated rings. The Labute approximate surface area is 162 Å². The van der Waals surface area contributed by atoms with Gasteiger partial charge in [-0.2, -0.15) is 0 Å². The second kappa shape index (κ2) is 7.85. The van der Waals surface area contributed by atoms with Gasteiger partial charge in [-0.1, -0.05) is 19.1 Å². The lowest BCUT2D eigenvalue weighted by Crippen LogP contribution is -2.20. The molecule has 4 N–H and O–H groups in total. The first-order valence-corrected chi connectivity index (χ1v) is 8.30. The number of carbonyl (C=O) groups is 1. The molecule has 0 aliphatic carbocycles. The lowest BCUT2D eigenvalue weighted by atomic mass is 10.00. The fourth-order valence-corrected chi connectivity index (χ4v) is 3.19. The number of aromatic nitrogens is 2. The van der Waals surface area contributed by atoms with E-state index < -0.39 is 22.8 Å². The monoisotopic (exact) mass is 391 g/mol. The second-order valence-corrected chi connectivity index (χ2v) is 6.52. The first kappa shape index (κ1) is 20.5. The van der Waals surface area contributed by atoms with Crippen LogP contribution in [0.1, 0.15) is 28.5 Å². The molecule has 3 rings (SSSR count). The molecule has 0 bridgehead atoms. The maximum atomic E-state index is 12.1. The highest BCUT2D eigenvalue weighted by molar-refractivity contribution is 5.92. The number of nitrogens with one attached hydrogen (secondary N) is 2. The van der Waals surface area contributed by atoms with Crippen LogP contribution in [0.25, 0.3) is 22.2 Å². The van der Waals surface area contributed by atoms with Gasteiger partial charge in [0.1, 0.15) is 5.75 Å². The van der Waals surface area contributed by atoms with E-state index in [0.717, 1.165) is 23.1 Å². The fourth-order valence-electron chi connectivity index (χ4n) is 3.19. The third-order valence-corrected chi connectivity index (χ3v) is 4.31. The van der Waals surface area contributed by atoms with Gasteiger partial charge in [0, 0.05) is 28.9 Å². The molecule has 0 radical (unpaired) electrons. The molecular weight excluding hydrogens is 370 g/mol. The summed E-state index contributed by atoms with van der Waals surface area (Å²) in [7, 11) is 3.98. The van der Waals surface area contributed by atoms with Gasteiger partial charge in [-0.25, -0.2) is 4.79 Å². The number of fused-ring (bicyclic) bond motifs is 1. The van der Waals surface area contributed by atoms with Crippen LogP contribution in [0.3, 0.4) is 0 Å². The number of carboxylic acids is 1. The Morgan fingerprint density at radius 2 is 1.89 bits per heavy atom. The van der Waals surface area contributed by atoms with Crippen molar-refractivity contribution in [3.8, 4) is 17.0 Å². The van der Waals surface area contributed by atoms with Crippen molar-refractivity contribution in [3.05, 3.63) is 51.4 Å². The van der Waals surface area contributed by atoms with Gasteiger partial charge in [0.15, 0.2) is 5.56 Å². The number of nitrogens with zero attached hydrogens (tertiary/aromatic N) is 1. The third kappa shape index (κ3) is 3.84. The highest BCUT2D eigenvalue weighted by Crippen LogP contribution is 2.31. The standard InChI is InChI=1S/C19H21N3O4.ClH/c1-4-13-16(21-18(24)15(17(13)23)19(25)26)11-6-5-10-7-12(9-22(2)3)20-14(10)8-11;/h5-8,20H,4,9H2,1-3H3,(H,25,26)(H2,21,23,24);1H. The van der Waals surface area contributed by atoms with E-state index in [1.165, 1.54) is 0 Å². The molecule has 1 aromatic carbocycles. The average molecular weight is 392 g/mol. The van der Waals surface area contributed by atoms with Gasteiger partial charge in [0.25, 0.3) is 5.56 Å². The number of rotatable bonds is 5. The summed E-state index contributed by atoms with van der Waals surface area (Å²) in [5.74, 6) is -1.92. The first-order chi connectivity index (χ1) is 12.3. The Bertz CT molecular complexity index is 1050. The van der Waals surface area contributed by atoms with Crippen LogP contribution >= 0.6 is 12.4 Å². The molecule has 0 aliphatic heterocycles. The van der Waals surface area contributed by atoms with Crippen LogP contribution in [-0.2, 0) is 13.0 Å². The van der Waals surface area contributed by atoms with Crippen LogP contribution in [0, 0.1) is 0 Å². The van der Waals surface area contributed by atoms with Crippen molar-refractivity contribution in [3.63, 3.8) is 0 Å². The molecule has 3 aromatic rings. The maximum Gasteiger partial charge on any atom is 0.345 e. The van der Waals surface area contributed by atoms with Crippen LogP contribution in [0.5, 0.6) is 5.75 Å². The smallest absolute Gasteiger partial charge is 0.345 e. The summed E-state index contributed by atoms with van der Waals surface area (Å²) in [5.41, 5.74) is 2.07. The summed E-state index contributed by atoms with van der Waals surface area (Å²) in [4.78, 5) is 31.4. The van der Waals surface area contributed by atoms with Crippen molar-refractivity contribution in [1.29, 1.82) is 0 Å². The topological polar surface area (TPSA) is 109 Å². The van der Waals surface area contributed by atoms with E-state index in [-0.39, 0.29) is 12.4 Å². The number of aromatic hydroxyl groups is 1. The second-order valence-electron chi connectivity index (χ2n) is 6.52. The number of carboxylic acid groups (broad SMARTS) is 1. The number of hydrogen-bond acceptors (Lipinski definition) is 4. The van der Waals surface area contributed by atoms with E-state index in [9.17, 15) is 14.7 Å². The number of aromatic amines is 2. The largest absolute Gasteiger partial charge is 0.506 e. The zero-order valence-corrected chi connectivity index (χ0v) is 16.1. The molecule has 0 aliphatic rings. The van der Waals surface area contributed by atoms with Gasteiger partial charge in [0.2, 0.25) is 0 Å². The Balaban J connectivity index is 0.00000261. The summed E-state index contributed by atoms with van der Waals surface area (Å²) in [6.45, 7) is 2.57. The van der Waals surface area contributed by atoms with Gasteiger partial charge in [-0.05, 0) is 38.0 Å². The highest BCUT2D eigenvalue weighted by atomic mass is 35.5. The minimum atomic E-state index is -1.45. The molecule has 0 saturated carbocycles. The van der Waals surface area contributed by atoms with Crippen LogP contribution in [-0.4, -0.2) is 45.1 Å². The normalized spacial score (nSPS) is 11.0. The van der Waals surface area contributed by atoms with E-state index >= 15 is 0 Å². The average Bonchev–Trinajstić information content (AvgIpc) is 2.94. The summed E-state index contributed by atoms with van der Waals surface area (Å²) < 4.78 is 0. The minimum absolute atomic E-state index is 0. The Kier molecular flexibility index (Phi) is 5.98. The lowest BCUT2D eigenvalue weighted by Gasteiger charge is -2.12. The molecule has 27 heavy (non-hydrogen) atoms. The maximum absolute atomic E-state index is 12.1. The minimum Gasteiger partial charge on any atom is -0.506 e. The van der Waals surface area contributed by atoms with Crippen LogP contribution in [0.15, 0.2) is 29.1 Å². The van der Waals surface area contributed by atoms with E-state index in [4.69, 9.17) is 5.11 Å². The van der Waals surface area contributed by atoms with Crippen LogP contribution < -0.4 is 5.56 Å². The third-order valence-electron chi connectivity index (χ3n) is 4.31. The zero-order valence-electron chi connectivity index (χ0n) is 15.3. The summed E-state index contributed by atoms with van der Waals surface area (Å²) in [6, 6.07) is 7.73. The van der Waals surface area contributed by atoms with E-state index in [2.05, 4.69) is 20.9 Å². The van der Waals surface area contributed by atoms with Crippen LogP contribution in [0.2, 0.25) is 0 Å². The first-order valence-electron chi connectivity index (χ1n) is 8.30. The Hall–Kier alpha value is -2.77. The van der Waals surface area contributed by atoms with Crippen molar-refractivity contribution in [2.75, 3.05) is 14.1 Å². The number of hydrogen-bond donors (Lipinski definition) is 4. The van der Waals surface area contributed by atoms with E-state index in [1.807, 2.05) is 32.3 Å². The fraction of sp³-hybridized carbons (Fsp3) is 0.263. The molecule has 2 heterocycles. The van der Waals surface area contributed by atoms with Crippen molar-refractivity contribution in [2.24, 2.45) is 0 Å². The highest BCUT2D eigenvalue weighted by Gasteiger charge is 2.22. The summed E-state index contributed by atoms with van der Waals surface area (Å²) in [5, 5.41) is 20.5. The number of pyridine rings is 1. The molecule has 0 saturated heterocycles. The SMILES string of the molecule is CCc1c(-c2ccc3cc(CN(C)C)[nH]c3c2)[nH]c(=O)c(C(=O)O)c1O.Cl. The number of aromatic carboxylic acids is 1. The predicted molar refractivity (Wildman–Crippen MR) is 107 cm³/mol. The van der Waals surface area contributed by atoms with Crippen molar-refractivity contribution < 1.29 is 15.0 Å². The molecule has 0 spiro atoms. The number of benzene rings is 1. The van der Waals surface area contributed by atoms with Gasteiger partial charge >= 0.3 is 5.97 Å². The van der Waals surface area contributed by atoms with Gasteiger partial charge < -0.3 is 25.1 Å². The lowest BCUT2D eigenvalue weighted by molar-refractivity contribution is 0.0691. The Morgan fingerprint density at radius 3 is 2.48 bits per heavy atom. The quantitative estimate of drug-likeness (QED) is 0.534. The predicted octanol–water partition coefficient (Wildman–Crippen LogP) is 2.97. The number of H-pyrrole nitrogens is 2. The Morgan fingerprint density at radius 1 is 1.19 bits per heavy atom. The van der Waals surface area contributed by atoms with Crippen LogP contribution in [0.4, 0.5) is 0 Å². The van der Waals surface area contributed by atoms with Gasteiger partial charge in [-0.3, -0.25) is 4.79 Å². The van der Waals surface area contributed by atoms with Gasteiger partial charge in [0.05, 0.1) is 5.69 Å². The zero-order chi connectivity index (χ0) is 19.0. The van der Waals surface area contributed by atoms with Gasteiger partial charge in [-0.15, -0.1) is 12.4 Å². The van der Waals surface area contributed by atoms with E-state index in [1.54, 1.807) is 6.92 Å². The molecule has 0 amide bonds. The van der Waals surface area contributed by atoms with Crippen molar-refractivity contribution >= 4 is 29.3 Å². The molecule has 0 unspecified atom stereocenters. The van der Waals surface area contributed by atoms with E-state index in [0.29, 0.717) is 23.2 Å². The van der Waals surface area contributed by atoms with Crippen molar-refractivity contribution in [1.82, 2.24) is 14.9 Å². The summed E-state index contributed by atoms with van der Waals surface area (Å²) >= 11 is 0. The molecule has 144 valence electrons. The molecule has 2 aromatic heterocycles. The molecule has 7 nitrogen and oxygen atoms in total. The van der Waals surface area contributed by atoms with Crippen molar-refractivity contribution in [2.45, 2.75) is 19.9 Å². The molecule has 8 heteroatoms. The molecule has 0 atom stereocenters. The number of halogens is 1. The molecular formula is C19H22ClN3O4. The summed E-state index contributed by atoms with van der Waals surface area (Å²) in [6.07, 6.45) is 0.382.